The third-order valence-corrected chi connectivity index (χ3v) is 3.93. The van der Waals surface area contributed by atoms with Gasteiger partial charge in [-0.25, -0.2) is 0 Å². The van der Waals surface area contributed by atoms with E-state index in [2.05, 4.69) is 0 Å². The van der Waals surface area contributed by atoms with Gasteiger partial charge in [0.25, 0.3) is 0 Å². The summed E-state index contributed by atoms with van der Waals surface area (Å²) >= 11 is 0. The molecule has 0 saturated carbocycles. The van der Waals surface area contributed by atoms with Crippen LogP contribution in [0, 0.1) is 6.92 Å². The Bertz CT molecular complexity index is 868. The van der Waals surface area contributed by atoms with Gasteiger partial charge in [-0.05, 0) is 23.6 Å². The van der Waals surface area contributed by atoms with E-state index in [0.717, 1.165) is 16.7 Å². The fourth-order valence-electron chi connectivity index (χ4n) is 2.53. The predicted molar refractivity (Wildman–Crippen MR) is 90.4 cm³/mol. The number of aromatic hydroxyl groups is 5. The van der Waals surface area contributed by atoms with E-state index in [1.807, 2.05) is 31.2 Å². The van der Waals surface area contributed by atoms with Crippen molar-refractivity contribution < 1.29 is 25.5 Å². The second-order valence-corrected chi connectivity index (χ2v) is 5.56. The Labute approximate surface area is 138 Å². The van der Waals surface area contributed by atoms with E-state index in [0.29, 0.717) is 5.56 Å². The topological polar surface area (TPSA) is 101 Å². The van der Waals surface area contributed by atoms with Gasteiger partial charge in [-0.3, -0.25) is 0 Å². The molecule has 0 heterocycles. The van der Waals surface area contributed by atoms with E-state index in [4.69, 9.17) is 0 Å². The summed E-state index contributed by atoms with van der Waals surface area (Å²) in [6.45, 7) is 2.00. The molecular weight excluding hydrogens is 308 g/mol. The molecule has 122 valence electrons. The van der Waals surface area contributed by atoms with Crippen molar-refractivity contribution in [2.75, 3.05) is 0 Å². The average Bonchev–Trinajstić information content (AvgIpc) is 2.60. The van der Waals surface area contributed by atoms with Crippen LogP contribution >= 0.6 is 0 Å². The smallest absolute Gasteiger partial charge is 0.208 e. The summed E-state index contributed by atoms with van der Waals surface area (Å²) < 4.78 is 0. The molecule has 0 unspecified atom stereocenters. The Morgan fingerprint density at radius 2 is 0.792 bits per heavy atom. The highest BCUT2D eigenvalue weighted by Crippen LogP contribution is 2.54. The number of hydrogen-bond acceptors (Lipinski definition) is 5. The minimum Gasteiger partial charge on any atom is -0.504 e. The molecule has 0 spiro atoms. The Hall–Kier alpha value is -3.34. The van der Waals surface area contributed by atoms with Crippen LogP contribution in [-0.2, 0) is 0 Å². The highest BCUT2D eigenvalue weighted by atomic mass is 16.4. The largest absolute Gasteiger partial charge is 0.504 e. The minimum atomic E-state index is -0.968. The van der Waals surface area contributed by atoms with Crippen LogP contribution in [0.3, 0.4) is 0 Å². The third kappa shape index (κ3) is 2.46. The normalized spacial score (nSPS) is 10.7. The van der Waals surface area contributed by atoms with E-state index in [1.165, 1.54) is 0 Å². The van der Waals surface area contributed by atoms with Crippen molar-refractivity contribution in [3.8, 4) is 51.0 Å². The fraction of sp³-hybridized carbons (Fsp3) is 0.0526. The molecule has 0 fully saturated rings. The highest BCUT2D eigenvalue weighted by molar-refractivity contribution is 5.85. The van der Waals surface area contributed by atoms with Crippen LogP contribution in [0.25, 0.3) is 22.3 Å². The first-order chi connectivity index (χ1) is 11.4. The molecule has 0 aliphatic rings. The van der Waals surface area contributed by atoms with Gasteiger partial charge in [0.2, 0.25) is 17.2 Å². The van der Waals surface area contributed by atoms with Crippen molar-refractivity contribution in [3.63, 3.8) is 0 Å². The lowest BCUT2D eigenvalue weighted by molar-refractivity contribution is 0.330. The van der Waals surface area contributed by atoms with E-state index in [-0.39, 0.29) is 5.56 Å². The van der Waals surface area contributed by atoms with E-state index >= 15 is 0 Å². The Morgan fingerprint density at radius 1 is 0.458 bits per heavy atom. The van der Waals surface area contributed by atoms with Crippen LogP contribution in [0.2, 0.25) is 0 Å². The van der Waals surface area contributed by atoms with E-state index in [9.17, 15) is 25.5 Å². The molecule has 3 rings (SSSR count). The average molecular weight is 324 g/mol. The van der Waals surface area contributed by atoms with Gasteiger partial charge in [0.1, 0.15) is 0 Å². The lowest BCUT2D eigenvalue weighted by Gasteiger charge is -2.13. The summed E-state index contributed by atoms with van der Waals surface area (Å²) in [7, 11) is 0. The molecule has 5 N–H and O–H groups in total. The Kier molecular flexibility index (Phi) is 3.69. The maximum Gasteiger partial charge on any atom is 0.208 e. The van der Waals surface area contributed by atoms with Gasteiger partial charge in [-0.2, -0.15) is 0 Å². The summed E-state index contributed by atoms with van der Waals surface area (Å²) in [5.41, 5.74) is 3.33. The first kappa shape index (κ1) is 15.6. The first-order valence-electron chi connectivity index (χ1n) is 7.26. The molecule has 0 aliphatic carbocycles. The van der Waals surface area contributed by atoms with Crippen molar-refractivity contribution in [1.29, 1.82) is 0 Å². The molecule has 24 heavy (non-hydrogen) atoms. The van der Waals surface area contributed by atoms with E-state index in [1.54, 1.807) is 24.3 Å². The van der Waals surface area contributed by atoms with Crippen molar-refractivity contribution >= 4 is 0 Å². The molecule has 0 aromatic heterocycles. The zero-order valence-electron chi connectivity index (χ0n) is 12.9. The molecule has 0 aliphatic heterocycles. The lowest BCUT2D eigenvalue weighted by atomic mass is 9.98. The maximum atomic E-state index is 9.97. The Morgan fingerprint density at radius 3 is 1.25 bits per heavy atom. The molecule has 0 amide bonds. The molecule has 0 saturated heterocycles. The Balaban J connectivity index is 2.08. The zero-order valence-corrected chi connectivity index (χ0v) is 12.9. The second-order valence-electron chi connectivity index (χ2n) is 5.56. The van der Waals surface area contributed by atoms with Gasteiger partial charge < -0.3 is 25.5 Å². The van der Waals surface area contributed by atoms with Crippen LogP contribution in [0.15, 0.2) is 48.5 Å². The molecule has 0 bridgehead atoms. The fourth-order valence-corrected chi connectivity index (χ4v) is 2.53. The maximum absolute atomic E-state index is 9.97. The van der Waals surface area contributed by atoms with Crippen molar-refractivity contribution in [2.45, 2.75) is 6.92 Å². The summed E-state index contributed by atoms with van der Waals surface area (Å²) in [5, 5.41) is 48.7. The van der Waals surface area contributed by atoms with Crippen molar-refractivity contribution in [3.05, 3.63) is 54.1 Å². The van der Waals surface area contributed by atoms with Crippen LogP contribution < -0.4 is 0 Å². The van der Waals surface area contributed by atoms with Gasteiger partial charge in [-0.15, -0.1) is 0 Å². The number of phenolic OH excluding ortho intramolecular Hbond substituents is 5. The first-order valence-corrected chi connectivity index (χ1v) is 7.26. The zero-order chi connectivity index (χ0) is 17.4. The van der Waals surface area contributed by atoms with Crippen LogP contribution in [-0.4, -0.2) is 25.5 Å². The SMILES string of the molecule is Cc1ccc(-c2ccc(-c3c(O)c(O)c(O)c(O)c3O)cc2)cc1. The second kappa shape index (κ2) is 5.70. The van der Waals surface area contributed by atoms with Gasteiger partial charge >= 0.3 is 0 Å². The molecule has 5 nitrogen and oxygen atoms in total. The third-order valence-electron chi connectivity index (χ3n) is 3.93. The van der Waals surface area contributed by atoms with Gasteiger partial charge in [0.15, 0.2) is 11.5 Å². The summed E-state index contributed by atoms with van der Waals surface area (Å²) in [5.74, 6) is -4.15. The molecule has 0 radical (unpaired) electrons. The quantitative estimate of drug-likeness (QED) is 0.364. The van der Waals surface area contributed by atoms with Gasteiger partial charge in [0, 0.05) is 0 Å². The summed E-state index contributed by atoms with van der Waals surface area (Å²) in [6, 6.07) is 14.8. The summed E-state index contributed by atoms with van der Waals surface area (Å²) in [4.78, 5) is 0. The van der Waals surface area contributed by atoms with Crippen molar-refractivity contribution in [2.24, 2.45) is 0 Å². The molecular formula is C19H16O5. The molecule has 3 aromatic carbocycles. The standard InChI is InChI=1S/C19H16O5/c1-10-2-4-11(5-3-10)12-6-8-13(9-7-12)14-15(20)17(22)19(24)18(23)16(14)21/h2-9,20-24H,1H3. The monoisotopic (exact) mass is 324 g/mol. The number of aryl methyl sites for hydroxylation is 1. The van der Waals surface area contributed by atoms with Gasteiger partial charge in [-0.1, -0.05) is 54.1 Å². The molecule has 0 atom stereocenters. The summed E-state index contributed by atoms with van der Waals surface area (Å²) in [6.07, 6.45) is 0. The van der Waals surface area contributed by atoms with Crippen LogP contribution in [0.1, 0.15) is 5.56 Å². The van der Waals surface area contributed by atoms with Gasteiger partial charge in [0.05, 0.1) is 5.56 Å². The minimum absolute atomic E-state index is 0.154. The lowest BCUT2D eigenvalue weighted by Crippen LogP contribution is -1.85. The molecule has 3 aromatic rings. The number of phenols is 5. The number of rotatable bonds is 2. The predicted octanol–water partition coefficient (Wildman–Crippen LogP) is 3.86. The van der Waals surface area contributed by atoms with E-state index < -0.39 is 28.7 Å². The van der Waals surface area contributed by atoms with Crippen molar-refractivity contribution in [1.82, 2.24) is 0 Å². The number of benzene rings is 3. The number of hydrogen-bond donors (Lipinski definition) is 5. The highest BCUT2D eigenvalue weighted by Gasteiger charge is 2.24. The van der Waals surface area contributed by atoms with Crippen LogP contribution in [0.5, 0.6) is 28.7 Å². The molecule has 5 heteroatoms. The van der Waals surface area contributed by atoms with Crippen LogP contribution in [0.4, 0.5) is 0 Å².